The summed E-state index contributed by atoms with van der Waals surface area (Å²) >= 11 is 6.28. The fourth-order valence-electron chi connectivity index (χ4n) is 2.11. The van der Waals surface area contributed by atoms with Gasteiger partial charge in [0, 0.05) is 11.9 Å². The maximum absolute atomic E-state index is 6.28. The fourth-order valence-corrected chi connectivity index (χ4v) is 2.39. The number of para-hydroxylation sites is 2. The summed E-state index contributed by atoms with van der Waals surface area (Å²) in [7, 11) is 0. The third kappa shape index (κ3) is 1.68. The summed E-state index contributed by atoms with van der Waals surface area (Å²) in [5.41, 5.74) is 8.64. The molecule has 0 aliphatic rings. The largest absolute Gasteiger partial charge is 0.326 e. The Kier molecular flexibility index (Phi) is 2.78. The number of aromatic nitrogens is 2. The number of nitrogens with two attached hydrogens (primary N) is 1. The Balaban J connectivity index is 2.33. The molecule has 0 spiro atoms. The van der Waals surface area contributed by atoms with Crippen LogP contribution in [0.15, 0.2) is 48.7 Å². The number of fused-ring (bicyclic) bond motifs is 1. The lowest BCUT2D eigenvalue weighted by Gasteiger charge is -2.11. The van der Waals surface area contributed by atoms with Crippen molar-refractivity contribution in [2.45, 2.75) is 6.54 Å². The van der Waals surface area contributed by atoms with Crippen molar-refractivity contribution < 1.29 is 0 Å². The van der Waals surface area contributed by atoms with Crippen LogP contribution in [-0.2, 0) is 6.54 Å². The number of rotatable bonds is 2. The highest BCUT2D eigenvalue weighted by Crippen LogP contribution is 2.27. The van der Waals surface area contributed by atoms with E-state index in [-0.39, 0.29) is 0 Å². The zero-order chi connectivity index (χ0) is 12.5. The Morgan fingerprint density at radius 1 is 1.11 bits per heavy atom. The fraction of sp³-hybridized carbons (Fsp3) is 0.0714. The normalized spacial score (nSPS) is 11.0. The lowest BCUT2D eigenvalue weighted by atomic mass is 10.1. The average molecular weight is 258 g/mol. The molecule has 2 N–H and O–H groups in total. The number of halogens is 1. The summed E-state index contributed by atoms with van der Waals surface area (Å²) in [6.45, 7) is 0.435. The molecule has 3 rings (SSSR count). The standard InChI is InChI=1S/C14H12ClN3/c15-12-6-3-5-10(8-16)14(12)18-13-7-2-1-4-11(13)9-17-18/h1-7,9H,8,16H2. The van der Waals surface area contributed by atoms with Crippen LogP contribution in [0.3, 0.4) is 0 Å². The molecule has 18 heavy (non-hydrogen) atoms. The molecule has 2 aromatic carbocycles. The van der Waals surface area contributed by atoms with E-state index in [9.17, 15) is 0 Å². The molecule has 1 heterocycles. The average Bonchev–Trinajstić information content (AvgIpc) is 2.82. The SMILES string of the molecule is NCc1cccc(Cl)c1-n1ncc2ccccc21. The second-order valence-electron chi connectivity index (χ2n) is 4.07. The van der Waals surface area contributed by atoms with Crippen LogP contribution in [0, 0.1) is 0 Å². The predicted molar refractivity (Wildman–Crippen MR) is 74.0 cm³/mol. The Morgan fingerprint density at radius 2 is 1.94 bits per heavy atom. The van der Waals surface area contributed by atoms with Crippen molar-refractivity contribution in [1.82, 2.24) is 9.78 Å². The monoisotopic (exact) mass is 257 g/mol. The summed E-state index contributed by atoms with van der Waals surface area (Å²) in [5.74, 6) is 0. The highest BCUT2D eigenvalue weighted by Gasteiger charge is 2.11. The van der Waals surface area contributed by atoms with Gasteiger partial charge in [-0.1, -0.05) is 41.9 Å². The van der Waals surface area contributed by atoms with Crippen LogP contribution in [0.1, 0.15) is 5.56 Å². The topological polar surface area (TPSA) is 43.8 Å². The van der Waals surface area contributed by atoms with E-state index in [1.165, 1.54) is 0 Å². The van der Waals surface area contributed by atoms with Gasteiger partial charge in [-0.2, -0.15) is 5.10 Å². The molecule has 90 valence electrons. The lowest BCUT2D eigenvalue weighted by Crippen LogP contribution is -2.06. The maximum Gasteiger partial charge on any atom is 0.0883 e. The summed E-state index contributed by atoms with van der Waals surface area (Å²) in [4.78, 5) is 0. The minimum atomic E-state index is 0.435. The van der Waals surface area contributed by atoms with Crippen LogP contribution in [0.25, 0.3) is 16.6 Å². The van der Waals surface area contributed by atoms with Crippen LogP contribution in [0.2, 0.25) is 5.02 Å². The third-order valence-corrected chi connectivity index (χ3v) is 3.28. The van der Waals surface area contributed by atoms with E-state index >= 15 is 0 Å². The highest BCUT2D eigenvalue weighted by atomic mass is 35.5. The summed E-state index contributed by atoms with van der Waals surface area (Å²) in [5, 5.41) is 6.15. The maximum atomic E-state index is 6.28. The molecule has 0 saturated heterocycles. The van der Waals surface area contributed by atoms with E-state index in [0.29, 0.717) is 11.6 Å². The van der Waals surface area contributed by atoms with Crippen molar-refractivity contribution in [1.29, 1.82) is 0 Å². The van der Waals surface area contributed by atoms with E-state index < -0.39 is 0 Å². The first-order valence-electron chi connectivity index (χ1n) is 5.72. The van der Waals surface area contributed by atoms with Gasteiger partial charge in [0.2, 0.25) is 0 Å². The van der Waals surface area contributed by atoms with E-state index in [1.54, 1.807) is 0 Å². The molecule has 4 heteroatoms. The van der Waals surface area contributed by atoms with Gasteiger partial charge in [0.15, 0.2) is 0 Å². The molecule has 0 fully saturated rings. The Labute approximate surface area is 110 Å². The first-order chi connectivity index (χ1) is 8.81. The number of benzene rings is 2. The van der Waals surface area contributed by atoms with E-state index in [0.717, 1.165) is 22.2 Å². The first-order valence-corrected chi connectivity index (χ1v) is 6.09. The molecule has 0 radical (unpaired) electrons. The Hall–Kier alpha value is -1.84. The summed E-state index contributed by atoms with van der Waals surface area (Å²) in [6, 6.07) is 13.7. The quantitative estimate of drug-likeness (QED) is 0.767. The zero-order valence-electron chi connectivity index (χ0n) is 9.68. The molecule has 3 aromatic rings. The molecule has 0 bridgehead atoms. The van der Waals surface area contributed by atoms with Gasteiger partial charge in [-0.3, -0.25) is 0 Å². The van der Waals surface area contributed by atoms with Crippen molar-refractivity contribution in [3.8, 4) is 5.69 Å². The van der Waals surface area contributed by atoms with Crippen molar-refractivity contribution in [3.63, 3.8) is 0 Å². The van der Waals surface area contributed by atoms with Crippen molar-refractivity contribution >= 4 is 22.5 Å². The van der Waals surface area contributed by atoms with Gasteiger partial charge < -0.3 is 5.73 Å². The van der Waals surface area contributed by atoms with Crippen LogP contribution >= 0.6 is 11.6 Å². The minimum absolute atomic E-state index is 0.435. The van der Waals surface area contributed by atoms with E-state index in [1.807, 2.05) is 53.3 Å². The number of hydrogen-bond donors (Lipinski definition) is 1. The highest BCUT2D eigenvalue weighted by molar-refractivity contribution is 6.32. The second-order valence-corrected chi connectivity index (χ2v) is 4.47. The molecular weight excluding hydrogens is 246 g/mol. The zero-order valence-corrected chi connectivity index (χ0v) is 10.4. The van der Waals surface area contributed by atoms with Gasteiger partial charge in [-0.15, -0.1) is 0 Å². The molecule has 0 atom stereocenters. The van der Waals surface area contributed by atoms with Crippen LogP contribution in [0.4, 0.5) is 0 Å². The van der Waals surface area contributed by atoms with Gasteiger partial charge in [0.05, 0.1) is 22.4 Å². The molecule has 3 nitrogen and oxygen atoms in total. The molecule has 0 saturated carbocycles. The van der Waals surface area contributed by atoms with Crippen molar-refractivity contribution in [2.75, 3.05) is 0 Å². The van der Waals surface area contributed by atoms with Crippen LogP contribution < -0.4 is 5.73 Å². The molecule has 0 aliphatic heterocycles. The van der Waals surface area contributed by atoms with Crippen molar-refractivity contribution in [3.05, 3.63) is 59.2 Å². The number of hydrogen-bond acceptors (Lipinski definition) is 2. The minimum Gasteiger partial charge on any atom is -0.326 e. The Morgan fingerprint density at radius 3 is 2.78 bits per heavy atom. The number of nitrogens with zero attached hydrogens (tertiary/aromatic N) is 2. The van der Waals surface area contributed by atoms with Crippen molar-refractivity contribution in [2.24, 2.45) is 5.73 Å². The van der Waals surface area contributed by atoms with Gasteiger partial charge in [0.25, 0.3) is 0 Å². The summed E-state index contributed by atoms with van der Waals surface area (Å²) in [6.07, 6.45) is 1.83. The smallest absolute Gasteiger partial charge is 0.0883 e. The Bertz CT molecular complexity index is 703. The van der Waals surface area contributed by atoms with Gasteiger partial charge >= 0.3 is 0 Å². The van der Waals surface area contributed by atoms with Gasteiger partial charge in [0.1, 0.15) is 0 Å². The van der Waals surface area contributed by atoms with Gasteiger partial charge in [-0.05, 0) is 17.7 Å². The molecule has 1 aromatic heterocycles. The second kappa shape index (κ2) is 4.44. The van der Waals surface area contributed by atoms with Crippen LogP contribution in [0.5, 0.6) is 0 Å². The molecule has 0 amide bonds. The van der Waals surface area contributed by atoms with E-state index in [4.69, 9.17) is 17.3 Å². The first kappa shape index (κ1) is 11.3. The summed E-state index contributed by atoms with van der Waals surface area (Å²) < 4.78 is 1.85. The predicted octanol–water partition coefficient (Wildman–Crippen LogP) is 3.14. The lowest BCUT2D eigenvalue weighted by molar-refractivity contribution is 0.885. The van der Waals surface area contributed by atoms with E-state index in [2.05, 4.69) is 5.10 Å². The third-order valence-electron chi connectivity index (χ3n) is 2.98. The van der Waals surface area contributed by atoms with Crippen LogP contribution in [-0.4, -0.2) is 9.78 Å². The van der Waals surface area contributed by atoms with Gasteiger partial charge in [-0.25, -0.2) is 4.68 Å². The molecule has 0 aliphatic carbocycles. The molecule has 0 unspecified atom stereocenters. The molecular formula is C14H12ClN3.